The van der Waals surface area contributed by atoms with E-state index in [0.29, 0.717) is 19.1 Å². The lowest BCUT2D eigenvalue weighted by molar-refractivity contribution is 0.409. The monoisotopic (exact) mass is 434 g/mol. The van der Waals surface area contributed by atoms with E-state index in [1.807, 2.05) is 30.1 Å². The van der Waals surface area contributed by atoms with E-state index < -0.39 is 0 Å². The van der Waals surface area contributed by atoms with Crippen LogP contribution in [-0.2, 0) is 20.1 Å². The number of nitrogens with one attached hydrogen (secondary N) is 2. The molecule has 2 N–H and O–H groups in total. The maximum Gasteiger partial charge on any atom is 0.192 e. The molecule has 1 fully saturated rings. The van der Waals surface area contributed by atoms with Gasteiger partial charge in [0.2, 0.25) is 0 Å². The van der Waals surface area contributed by atoms with Crippen LogP contribution in [0, 0.1) is 20.8 Å². The zero-order valence-corrected chi connectivity index (χ0v) is 19.6. The van der Waals surface area contributed by atoms with E-state index in [1.54, 1.807) is 0 Å². The van der Waals surface area contributed by atoms with Gasteiger partial charge in [0.15, 0.2) is 11.8 Å². The Kier molecular flexibility index (Phi) is 6.87. The van der Waals surface area contributed by atoms with Crippen molar-refractivity contribution in [3.8, 4) is 5.69 Å². The Hall–Kier alpha value is -3.16. The quantitative estimate of drug-likeness (QED) is 0.458. The van der Waals surface area contributed by atoms with E-state index >= 15 is 0 Å². The topological polar surface area (TPSA) is 85.0 Å². The molecule has 8 nitrogen and oxygen atoms in total. The molecule has 8 heteroatoms. The first-order valence-corrected chi connectivity index (χ1v) is 11.5. The molecule has 3 aromatic rings. The minimum atomic E-state index is 0.461. The fourth-order valence-electron chi connectivity index (χ4n) is 4.25. The first-order chi connectivity index (χ1) is 15.5. The van der Waals surface area contributed by atoms with Gasteiger partial charge >= 0.3 is 0 Å². The number of guanidine groups is 1. The highest BCUT2D eigenvalue weighted by Crippen LogP contribution is 2.19. The fraction of sp³-hybridized carbons (Fsp3) is 0.500. The Morgan fingerprint density at radius 3 is 2.56 bits per heavy atom. The normalized spacial score (nSPS) is 15.2. The van der Waals surface area contributed by atoms with E-state index in [-0.39, 0.29) is 0 Å². The molecule has 0 amide bonds. The van der Waals surface area contributed by atoms with Crippen molar-refractivity contribution >= 4 is 5.96 Å². The zero-order chi connectivity index (χ0) is 22.5. The molecule has 1 aliphatic rings. The van der Waals surface area contributed by atoms with E-state index in [4.69, 9.17) is 4.99 Å². The number of rotatable bonds is 6. The van der Waals surface area contributed by atoms with Gasteiger partial charge in [-0.3, -0.25) is 0 Å². The van der Waals surface area contributed by atoms with Gasteiger partial charge in [0.05, 0.1) is 24.5 Å². The van der Waals surface area contributed by atoms with Crippen LogP contribution in [0.1, 0.15) is 60.7 Å². The third-order valence-electron chi connectivity index (χ3n) is 6.18. The largest absolute Gasteiger partial charge is 0.354 e. The van der Waals surface area contributed by atoms with Crippen molar-refractivity contribution in [2.75, 3.05) is 0 Å². The number of hydrogen-bond donors (Lipinski definition) is 2. The number of aryl methyl sites for hydroxylation is 3. The predicted molar refractivity (Wildman–Crippen MR) is 127 cm³/mol. The Balaban J connectivity index is 1.54. The molecule has 170 valence electrons. The lowest BCUT2D eigenvalue weighted by Crippen LogP contribution is -2.44. The average Bonchev–Trinajstić information content (AvgIpc) is 3.31. The standard InChI is InChI=1S/C24H34N8/c1-17-14-18(2)32(30-17)22-13-9-8-10-20(22)15-25-24(27-21-11-6-5-7-12-21)26-16-23-29-28-19(3)31(23)4/h8-10,13-14,21H,5-7,11-12,15-16H2,1-4H3,(H2,25,26,27). The van der Waals surface area contributed by atoms with E-state index in [9.17, 15) is 0 Å². The molecule has 0 unspecified atom stereocenters. The summed E-state index contributed by atoms with van der Waals surface area (Å²) in [6.07, 6.45) is 6.24. The van der Waals surface area contributed by atoms with E-state index in [0.717, 1.165) is 40.2 Å². The number of para-hydroxylation sites is 1. The maximum absolute atomic E-state index is 4.96. The Morgan fingerprint density at radius 1 is 1.09 bits per heavy atom. The number of nitrogens with zero attached hydrogens (tertiary/aromatic N) is 6. The molecule has 4 rings (SSSR count). The van der Waals surface area contributed by atoms with Gasteiger partial charge < -0.3 is 15.2 Å². The molecule has 32 heavy (non-hydrogen) atoms. The summed E-state index contributed by atoms with van der Waals surface area (Å²) in [6.45, 7) is 7.21. The van der Waals surface area contributed by atoms with Crippen LogP contribution < -0.4 is 10.6 Å². The third-order valence-corrected chi connectivity index (χ3v) is 6.18. The summed E-state index contributed by atoms with van der Waals surface area (Å²) < 4.78 is 4.01. The molecule has 0 spiro atoms. The second kappa shape index (κ2) is 9.97. The predicted octanol–water partition coefficient (Wildman–Crippen LogP) is 3.49. The molecule has 1 aromatic carbocycles. The zero-order valence-electron chi connectivity index (χ0n) is 19.6. The second-order valence-electron chi connectivity index (χ2n) is 8.69. The second-order valence-corrected chi connectivity index (χ2v) is 8.69. The molecule has 0 aliphatic heterocycles. The van der Waals surface area contributed by atoms with Crippen LogP contribution in [0.3, 0.4) is 0 Å². The van der Waals surface area contributed by atoms with Crippen LogP contribution in [0.4, 0.5) is 0 Å². The van der Waals surface area contributed by atoms with Crippen molar-refractivity contribution in [1.82, 2.24) is 35.2 Å². The molecule has 0 saturated heterocycles. The van der Waals surface area contributed by atoms with E-state index in [2.05, 4.69) is 63.2 Å². The highest BCUT2D eigenvalue weighted by Gasteiger charge is 2.16. The fourth-order valence-corrected chi connectivity index (χ4v) is 4.25. The minimum Gasteiger partial charge on any atom is -0.354 e. The average molecular weight is 435 g/mol. The number of hydrogen-bond acceptors (Lipinski definition) is 4. The summed E-state index contributed by atoms with van der Waals surface area (Å²) in [5.74, 6) is 2.61. The van der Waals surface area contributed by atoms with Crippen LogP contribution in [0.5, 0.6) is 0 Å². The summed E-state index contributed by atoms with van der Waals surface area (Å²) in [5.41, 5.74) is 4.34. The van der Waals surface area contributed by atoms with Crippen molar-refractivity contribution in [1.29, 1.82) is 0 Å². The van der Waals surface area contributed by atoms with Gasteiger partial charge in [-0.25, -0.2) is 9.67 Å². The van der Waals surface area contributed by atoms with Gasteiger partial charge in [0.25, 0.3) is 0 Å². The molecule has 0 radical (unpaired) electrons. The summed E-state index contributed by atoms with van der Waals surface area (Å²) in [4.78, 5) is 4.96. The SMILES string of the molecule is Cc1cc(C)n(-c2ccccc2CN=C(NCc2nnc(C)n2C)NC2CCCCC2)n1. The molecule has 0 bridgehead atoms. The van der Waals surface area contributed by atoms with Crippen molar-refractivity contribution in [3.63, 3.8) is 0 Å². The van der Waals surface area contributed by atoms with Crippen molar-refractivity contribution < 1.29 is 0 Å². The Morgan fingerprint density at radius 2 is 1.88 bits per heavy atom. The van der Waals surface area contributed by atoms with Crippen LogP contribution in [0.15, 0.2) is 35.3 Å². The van der Waals surface area contributed by atoms with Gasteiger partial charge in [-0.15, -0.1) is 10.2 Å². The minimum absolute atomic E-state index is 0.461. The number of benzene rings is 1. The van der Waals surface area contributed by atoms with Crippen molar-refractivity contribution in [3.05, 3.63) is 58.9 Å². The van der Waals surface area contributed by atoms with Crippen LogP contribution >= 0.6 is 0 Å². The summed E-state index contributed by atoms with van der Waals surface area (Å²) in [5, 5.41) is 20.2. The summed E-state index contributed by atoms with van der Waals surface area (Å²) in [7, 11) is 1.99. The van der Waals surface area contributed by atoms with Gasteiger partial charge in [-0.05, 0) is 51.3 Å². The smallest absolute Gasteiger partial charge is 0.192 e. The van der Waals surface area contributed by atoms with Crippen molar-refractivity contribution in [2.45, 2.75) is 72.0 Å². The van der Waals surface area contributed by atoms with Crippen molar-refractivity contribution in [2.24, 2.45) is 12.0 Å². The first kappa shape index (κ1) is 22.0. The summed E-state index contributed by atoms with van der Waals surface area (Å²) >= 11 is 0. The highest BCUT2D eigenvalue weighted by atomic mass is 15.3. The van der Waals surface area contributed by atoms with E-state index in [1.165, 1.54) is 32.1 Å². The van der Waals surface area contributed by atoms with Gasteiger partial charge in [0.1, 0.15) is 5.82 Å². The Labute approximate surface area is 190 Å². The first-order valence-electron chi connectivity index (χ1n) is 11.5. The molecule has 1 saturated carbocycles. The Bertz CT molecular complexity index is 1070. The molecule has 0 atom stereocenters. The molecule has 2 aromatic heterocycles. The van der Waals surface area contributed by atoms with Gasteiger partial charge in [-0.1, -0.05) is 37.5 Å². The maximum atomic E-state index is 4.96. The molecular formula is C24H34N8. The van der Waals surface area contributed by atoms with Gasteiger partial charge in [0, 0.05) is 18.8 Å². The van der Waals surface area contributed by atoms with Crippen LogP contribution in [0.2, 0.25) is 0 Å². The highest BCUT2D eigenvalue weighted by molar-refractivity contribution is 5.80. The summed E-state index contributed by atoms with van der Waals surface area (Å²) in [6, 6.07) is 10.9. The lowest BCUT2D eigenvalue weighted by atomic mass is 9.96. The molecule has 2 heterocycles. The number of aromatic nitrogens is 5. The lowest BCUT2D eigenvalue weighted by Gasteiger charge is -2.25. The molecular weight excluding hydrogens is 400 g/mol. The van der Waals surface area contributed by atoms with Crippen LogP contribution in [0.25, 0.3) is 5.69 Å². The van der Waals surface area contributed by atoms with Crippen LogP contribution in [-0.4, -0.2) is 36.5 Å². The molecule has 1 aliphatic carbocycles. The number of aliphatic imine (C=N–C) groups is 1. The third kappa shape index (κ3) is 5.18. The van der Waals surface area contributed by atoms with Gasteiger partial charge in [-0.2, -0.15) is 5.10 Å².